The average Bonchev–Trinajstić information content (AvgIpc) is 2.57. The summed E-state index contributed by atoms with van der Waals surface area (Å²) in [6, 6.07) is 9.61. The molecule has 6 nitrogen and oxygen atoms in total. The molecule has 130 valence electrons. The lowest BCUT2D eigenvalue weighted by atomic mass is 9.85. The minimum Gasteiger partial charge on any atom is -0.485 e. The Hall–Kier alpha value is -2.62. The third-order valence-corrected chi connectivity index (χ3v) is 4.55. The van der Waals surface area contributed by atoms with Gasteiger partial charge in [0, 0.05) is 24.4 Å². The minimum atomic E-state index is -0.977. The van der Waals surface area contributed by atoms with Crippen molar-refractivity contribution in [2.45, 2.75) is 38.0 Å². The molecule has 1 aliphatic heterocycles. The number of fused-ring (bicyclic) bond motifs is 1. The maximum Gasteiger partial charge on any atom is 0.251 e. The largest absolute Gasteiger partial charge is 0.485 e. The lowest BCUT2D eigenvalue weighted by molar-refractivity contribution is -0.0642. The molecule has 0 spiro atoms. The van der Waals surface area contributed by atoms with E-state index in [1.165, 1.54) is 10.6 Å². The maximum absolute atomic E-state index is 12.6. The van der Waals surface area contributed by atoms with Gasteiger partial charge in [-0.25, -0.2) is 0 Å². The molecule has 0 saturated carbocycles. The number of hydrogen-bond acceptors (Lipinski definition) is 5. The van der Waals surface area contributed by atoms with E-state index < -0.39 is 17.7 Å². The smallest absolute Gasteiger partial charge is 0.251 e. The van der Waals surface area contributed by atoms with Crippen LogP contribution in [0.5, 0.6) is 5.75 Å². The van der Waals surface area contributed by atoms with E-state index in [-0.39, 0.29) is 12.2 Å². The van der Waals surface area contributed by atoms with Gasteiger partial charge in [-0.05, 0) is 50.1 Å². The van der Waals surface area contributed by atoms with Crippen LogP contribution in [0.1, 0.15) is 36.6 Å². The lowest BCUT2D eigenvalue weighted by Crippen LogP contribution is -2.52. The highest BCUT2D eigenvalue weighted by Gasteiger charge is 2.44. The first-order valence-corrected chi connectivity index (χ1v) is 8.10. The van der Waals surface area contributed by atoms with Crippen LogP contribution in [0.25, 0.3) is 0 Å². The van der Waals surface area contributed by atoms with E-state index in [9.17, 15) is 9.90 Å². The Labute approximate surface area is 145 Å². The molecule has 3 rings (SSSR count). The van der Waals surface area contributed by atoms with Gasteiger partial charge in [-0.3, -0.25) is 4.79 Å². The second-order valence-corrected chi connectivity index (χ2v) is 6.71. The average molecular weight is 340 g/mol. The van der Waals surface area contributed by atoms with Crippen molar-refractivity contribution in [2.75, 3.05) is 6.61 Å². The molecule has 0 amide bonds. The fraction of sp³-hybridized carbons (Fsp3) is 0.368. The Morgan fingerprint density at radius 3 is 2.72 bits per heavy atom. The third-order valence-electron chi connectivity index (χ3n) is 4.55. The molecule has 0 unspecified atom stereocenters. The van der Waals surface area contributed by atoms with Gasteiger partial charge >= 0.3 is 0 Å². The van der Waals surface area contributed by atoms with Crippen molar-refractivity contribution in [1.29, 1.82) is 5.26 Å². The number of aromatic nitrogens is 1. The van der Waals surface area contributed by atoms with Crippen LogP contribution < -0.4 is 10.3 Å². The van der Waals surface area contributed by atoms with Crippen molar-refractivity contribution in [3.8, 4) is 11.8 Å². The number of nitriles is 1. The summed E-state index contributed by atoms with van der Waals surface area (Å²) >= 11 is 0. The highest BCUT2D eigenvalue weighted by molar-refractivity contribution is 5.46. The highest BCUT2D eigenvalue weighted by atomic mass is 16.5. The Morgan fingerprint density at radius 2 is 2.08 bits per heavy atom. The molecular formula is C19H20N2O4. The van der Waals surface area contributed by atoms with E-state index >= 15 is 0 Å². The summed E-state index contributed by atoms with van der Waals surface area (Å²) in [7, 11) is 0. The van der Waals surface area contributed by atoms with Crippen LogP contribution in [0.3, 0.4) is 0 Å². The number of nitrogens with zero attached hydrogens (tertiary/aromatic N) is 2. The fourth-order valence-corrected chi connectivity index (χ4v) is 3.18. The predicted molar refractivity (Wildman–Crippen MR) is 91.5 cm³/mol. The van der Waals surface area contributed by atoms with Crippen molar-refractivity contribution in [3.05, 3.63) is 63.6 Å². The van der Waals surface area contributed by atoms with E-state index in [1.54, 1.807) is 44.3 Å². The minimum absolute atomic E-state index is 0.0370. The van der Waals surface area contributed by atoms with Crippen LogP contribution >= 0.6 is 0 Å². The lowest BCUT2D eigenvalue weighted by Gasteiger charge is -2.42. The monoisotopic (exact) mass is 340 g/mol. The molecule has 1 aromatic heterocycles. The topological polar surface area (TPSA) is 95.5 Å². The summed E-state index contributed by atoms with van der Waals surface area (Å²) < 4.78 is 7.33. The van der Waals surface area contributed by atoms with Crippen molar-refractivity contribution >= 4 is 0 Å². The number of ether oxygens (including phenoxy) is 1. The van der Waals surface area contributed by atoms with E-state index in [0.29, 0.717) is 23.3 Å². The summed E-state index contributed by atoms with van der Waals surface area (Å²) in [5, 5.41) is 29.1. The first-order chi connectivity index (χ1) is 11.9. The summed E-state index contributed by atoms with van der Waals surface area (Å²) in [6.45, 7) is 3.48. The van der Waals surface area contributed by atoms with Crippen molar-refractivity contribution in [3.63, 3.8) is 0 Å². The quantitative estimate of drug-likeness (QED) is 0.880. The van der Waals surface area contributed by atoms with E-state index in [1.807, 2.05) is 0 Å². The summed E-state index contributed by atoms with van der Waals surface area (Å²) in [6.07, 6.45) is 1.04. The van der Waals surface area contributed by atoms with Crippen molar-refractivity contribution < 1.29 is 14.9 Å². The molecule has 0 radical (unpaired) electrons. The number of rotatable bonds is 3. The third kappa shape index (κ3) is 3.04. The number of benzene rings is 1. The molecule has 25 heavy (non-hydrogen) atoms. The van der Waals surface area contributed by atoms with Crippen molar-refractivity contribution in [2.24, 2.45) is 0 Å². The molecule has 1 aliphatic rings. The Morgan fingerprint density at radius 1 is 1.32 bits per heavy atom. The Bertz CT molecular complexity index is 895. The van der Waals surface area contributed by atoms with E-state index in [0.717, 1.165) is 5.56 Å². The van der Waals surface area contributed by atoms with Gasteiger partial charge in [-0.15, -0.1) is 0 Å². The van der Waals surface area contributed by atoms with Gasteiger partial charge in [0.05, 0.1) is 17.7 Å². The molecule has 2 N–H and O–H groups in total. The van der Waals surface area contributed by atoms with Crippen LogP contribution in [0.2, 0.25) is 0 Å². The summed E-state index contributed by atoms with van der Waals surface area (Å²) in [5.74, 6) is 0.547. The highest BCUT2D eigenvalue weighted by Crippen LogP contribution is 2.41. The van der Waals surface area contributed by atoms with Crippen molar-refractivity contribution in [1.82, 2.24) is 4.57 Å². The zero-order chi connectivity index (χ0) is 18.2. The second kappa shape index (κ2) is 6.36. The molecule has 0 bridgehead atoms. The molecule has 0 aliphatic carbocycles. The zero-order valence-corrected chi connectivity index (χ0v) is 14.1. The molecule has 2 heterocycles. The Kier molecular flexibility index (Phi) is 4.38. The van der Waals surface area contributed by atoms with Crippen LogP contribution in [0, 0.1) is 11.3 Å². The van der Waals surface area contributed by atoms with Gasteiger partial charge in [-0.2, -0.15) is 5.26 Å². The van der Waals surface area contributed by atoms with Gasteiger partial charge in [-0.1, -0.05) is 0 Å². The molecule has 6 heteroatoms. The number of hydrogen-bond donors (Lipinski definition) is 2. The van der Waals surface area contributed by atoms with Crippen LogP contribution in [0.15, 0.2) is 41.3 Å². The van der Waals surface area contributed by atoms with Crippen LogP contribution in [-0.4, -0.2) is 33.1 Å². The summed E-state index contributed by atoms with van der Waals surface area (Å²) in [5.41, 5.74) is 0.596. The molecule has 0 fully saturated rings. The van der Waals surface area contributed by atoms with Gasteiger partial charge in [0.25, 0.3) is 5.56 Å². The van der Waals surface area contributed by atoms with Crippen LogP contribution in [-0.2, 0) is 6.42 Å². The summed E-state index contributed by atoms with van der Waals surface area (Å²) in [4.78, 5) is 12.6. The maximum atomic E-state index is 12.6. The van der Waals surface area contributed by atoms with Gasteiger partial charge in [0.2, 0.25) is 0 Å². The molecule has 0 saturated heterocycles. The number of aliphatic hydroxyl groups excluding tert-OH is 2. The molecule has 2 atom stereocenters. The van der Waals surface area contributed by atoms with Crippen LogP contribution in [0.4, 0.5) is 0 Å². The molecular weight excluding hydrogens is 320 g/mol. The van der Waals surface area contributed by atoms with Gasteiger partial charge in [0.1, 0.15) is 17.5 Å². The van der Waals surface area contributed by atoms with E-state index in [2.05, 4.69) is 6.07 Å². The number of aliphatic hydroxyl groups is 2. The van der Waals surface area contributed by atoms with Gasteiger partial charge < -0.3 is 19.5 Å². The Balaban J connectivity index is 2.17. The number of pyridine rings is 1. The second-order valence-electron chi connectivity index (χ2n) is 6.71. The first-order valence-electron chi connectivity index (χ1n) is 8.10. The van der Waals surface area contributed by atoms with Gasteiger partial charge in [0.15, 0.2) is 0 Å². The predicted octanol–water partition coefficient (Wildman–Crippen LogP) is 1.38. The fourth-order valence-electron chi connectivity index (χ4n) is 3.18. The zero-order valence-electron chi connectivity index (χ0n) is 14.1. The SMILES string of the molecule is CC1(C)Oc2ccc(C#N)cc2[C@@H](n2ccc(CCO)cc2=O)[C@@H]1O. The normalized spacial score (nSPS) is 21.1. The molecule has 2 aromatic rings. The van der Waals surface area contributed by atoms with E-state index in [4.69, 9.17) is 15.1 Å². The first kappa shape index (κ1) is 17.2. The molecule has 1 aromatic carbocycles. The standard InChI is InChI=1S/C19H20N2O4/c1-19(2)18(24)17(14-9-13(11-20)3-4-15(14)25-19)21-7-5-12(6-8-22)10-16(21)23/h3-5,7,9-10,17-18,22,24H,6,8H2,1-2H3/t17-,18+/m1/s1.